The number of benzene rings is 2. The smallest absolute Gasteiger partial charge is 0.185 e. The molecule has 0 heterocycles. The van der Waals surface area contributed by atoms with Crippen LogP contribution in [-0.2, 0) is 0 Å². The van der Waals surface area contributed by atoms with Crippen LogP contribution in [0.2, 0.25) is 0 Å². The molecule has 120 valence electrons. The number of rotatable bonds is 5. The summed E-state index contributed by atoms with van der Waals surface area (Å²) in [5.74, 6) is 1.02. The first-order chi connectivity index (χ1) is 10.9. The Balaban J connectivity index is 2.26. The van der Waals surface area contributed by atoms with Gasteiger partial charge in [-0.2, -0.15) is 0 Å². The zero-order valence-electron chi connectivity index (χ0n) is 13.7. The van der Waals surface area contributed by atoms with E-state index in [-0.39, 0.29) is 11.5 Å². The van der Waals surface area contributed by atoms with Gasteiger partial charge < -0.3 is 14.6 Å². The molecule has 0 aliphatic carbocycles. The molecule has 0 aliphatic heterocycles. The van der Waals surface area contributed by atoms with E-state index in [1.165, 1.54) is 13.2 Å². The second-order valence-electron chi connectivity index (χ2n) is 5.33. The summed E-state index contributed by atoms with van der Waals surface area (Å²) in [6, 6.07) is 8.79. The molecule has 0 bridgehead atoms. The van der Waals surface area contributed by atoms with Crippen molar-refractivity contribution in [1.82, 2.24) is 0 Å². The summed E-state index contributed by atoms with van der Waals surface area (Å²) in [6.07, 6.45) is 3.15. The number of phenolic OH excluding ortho intramolecular Hbond substituents is 1. The number of allylic oxidation sites excluding steroid dienone is 1. The van der Waals surface area contributed by atoms with Crippen LogP contribution in [0.15, 0.2) is 36.4 Å². The fraction of sp³-hybridized carbons (Fsp3) is 0.211. The minimum Gasteiger partial charge on any atom is -0.504 e. The summed E-state index contributed by atoms with van der Waals surface area (Å²) >= 11 is 0. The van der Waals surface area contributed by atoms with Gasteiger partial charge in [0, 0.05) is 5.56 Å². The monoisotopic (exact) mass is 312 g/mol. The Morgan fingerprint density at radius 1 is 1.04 bits per heavy atom. The lowest BCUT2D eigenvalue weighted by molar-refractivity contribution is 0.104. The van der Waals surface area contributed by atoms with Gasteiger partial charge in [-0.25, -0.2) is 0 Å². The molecule has 2 aromatic carbocycles. The summed E-state index contributed by atoms with van der Waals surface area (Å²) in [5, 5.41) is 9.90. The van der Waals surface area contributed by atoms with Crippen LogP contribution in [0, 0.1) is 13.8 Å². The summed E-state index contributed by atoms with van der Waals surface area (Å²) in [7, 11) is 3.08. The summed E-state index contributed by atoms with van der Waals surface area (Å²) < 4.78 is 10.3. The average molecular weight is 312 g/mol. The fourth-order valence-electron chi connectivity index (χ4n) is 2.42. The van der Waals surface area contributed by atoms with E-state index in [0.717, 1.165) is 16.7 Å². The molecule has 0 atom stereocenters. The standard InChI is InChI=1S/C19H20O4/c1-12-7-15(11-16(8-12)22-3)17(20)6-5-14-9-13(2)19(23-4)18(21)10-14/h5-11,21H,1-4H3/b6-5+. The number of carbonyl (C=O) groups is 1. The van der Waals surface area contributed by atoms with Crippen LogP contribution < -0.4 is 9.47 Å². The Morgan fingerprint density at radius 3 is 2.39 bits per heavy atom. The van der Waals surface area contributed by atoms with E-state index in [4.69, 9.17) is 9.47 Å². The van der Waals surface area contributed by atoms with Crippen molar-refractivity contribution >= 4 is 11.9 Å². The number of aromatic hydroxyl groups is 1. The van der Waals surface area contributed by atoms with Crippen molar-refractivity contribution in [3.8, 4) is 17.2 Å². The van der Waals surface area contributed by atoms with E-state index < -0.39 is 0 Å². The maximum atomic E-state index is 12.3. The number of carbonyl (C=O) groups excluding carboxylic acids is 1. The van der Waals surface area contributed by atoms with Crippen LogP contribution in [0.3, 0.4) is 0 Å². The molecule has 4 nitrogen and oxygen atoms in total. The van der Waals surface area contributed by atoms with Crippen LogP contribution in [0.4, 0.5) is 0 Å². The zero-order chi connectivity index (χ0) is 17.0. The van der Waals surface area contributed by atoms with Gasteiger partial charge in [-0.15, -0.1) is 0 Å². The third-order valence-electron chi connectivity index (χ3n) is 3.48. The Bertz CT molecular complexity index is 737. The Hall–Kier alpha value is -2.75. The molecule has 2 rings (SSSR count). The molecule has 0 aliphatic rings. The highest BCUT2D eigenvalue weighted by Gasteiger charge is 2.08. The normalized spacial score (nSPS) is 10.8. The number of aryl methyl sites for hydroxylation is 2. The van der Waals surface area contributed by atoms with Gasteiger partial charge in [0.1, 0.15) is 5.75 Å². The predicted molar refractivity (Wildman–Crippen MR) is 90.5 cm³/mol. The molecule has 0 spiro atoms. The SMILES string of the molecule is COc1cc(C)cc(C(=O)/C=C/c2cc(C)c(OC)c(O)c2)c1. The number of hydrogen-bond donors (Lipinski definition) is 1. The van der Waals surface area contributed by atoms with Gasteiger partial charge in [0.2, 0.25) is 0 Å². The van der Waals surface area contributed by atoms with Crippen LogP contribution in [-0.4, -0.2) is 25.1 Å². The minimum atomic E-state index is -0.125. The summed E-state index contributed by atoms with van der Waals surface area (Å²) in [4.78, 5) is 12.3. The van der Waals surface area contributed by atoms with Crippen molar-refractivity contribution in [1.29, 1.82) is 0 Å². The molecule has 0 aromatic heterocycles. The molecular weight excluding hydrogens is 292 g/mol. The second-order valence-corrected chi connectivity index (χ2v) is 5.33. The lowest BCUT2D eigenvalue weighted by atomic mass is 10.0. The molecule has 0 radical (unpaired) electrons. The number of hydrogen-bond acceptors (Lipinski definition) is 4. The molecule has 4 heteroatoms. The molecule has 0 saturated heterocycles. The molecule has 23 heavy (non-hydrogen) atoms. The predicted octanol–water partition coefficient (Wildman–Crippen LogP) is 3.92. The number of methoxy groups -OCH3 is 2. The maximum absolute atomic E-state index is 12.3. The van der Waals surface area contributed by atoms with Crippen molar-refractivity contribution in [2.24, 2.45) is 0 Å². The quantitative estimate of drug-likeness (QED) is 0.671. The average Bonchev–Trinajstić information content (AvgIpc) is 2.51. The lowest BCUT2D eigenvalue weighted by Crippen LogP contribution is -1.96. The first kappa shape index (κ1) is 16.6. The van der Waals surface area contributed by atoms with E-state index in [1.54, 1.807) is 25.3 Å². The third kappa shape index (κ3) is 3.92. The molecule has 2 aromatic rings. The van der Waals surface area contributed by atoms with E-state index >= 15 is 0 Å². The second kappa shape index (κ2) is 7.01. The highest BCUT2D eigenvalue weighted by Crippen LogP contribution is 2.31. The first-order valence-corrected chi connectivity index (χ1v) is 7.20. The van der Waals surface area contributed by atoms with Gasteiger partial charge in [0.15, 0.2) is 17.3 Å². The third-order valence-corrected chi connectivity index (χ3v) is 3.48. The van der Waals surface area contributed by atoms with Gasteiger partial charge >= 0.3 is 0 Å². The fourth-order valence-corrected chi connectivity index (χ4v) is 2.42. The largest absolute Gasteiger partial charge is 0.504 e. The topological polar surface area (TPSA) is 55.8 Å². The summed E-state index contributed by atoms with van der Waals surface area (Å²) in [6.45, 7) is 3.75. The molecule has 0 saturated carbocycles. The summed E-state index contributed by atoms with van der Waals surface area (Å²) in [5.41, 5.74) is 3.05. The van der Waals surface area contributed by atoms with Gasteiger partial charge in [-0.3, -0.25) is 4.79 Å². The van der Waals surface area contributed by atoms with Gasteiger partial charge in [-0.1, -0.05) is 6.08 Å². The molecule has 0 unspecified atom stereocenters. The van der Waals surface area contributed by atoms with Crippen molar-refractivity contribution in [2.75, 3.05) is 14.2 Å². The maximum Gasteiger partial charge on any atom is 0.185 e. The van der Waals surface area contributed by atoms with Gasteiger partial charge in [0.05, 0.1) is 14.2 Å². The highest BCUT2D eigenvalue weighted by atomic mass is 16.5. The zero-order valence-corrected chi connectivity index (χ0v) is 13.7. The molecule has 0 amide bonds. The van der Waals surface area contributed by atoms with Crippen molar-refractivity contribution < 1.29 is 19.4 Å². The van der Waals surface area contributed by atoms with Crippen molar-refractivity contribution in [2.45, 2.75) is 13.8 Å². The first-order valence-electron chi connectivity index (χ1n) is 7.20. The Kier molecular flexibility index (Phi) is 5.06. The van der Waals surface area contributed by atoms with Gasteiger partial charge in [0.25, 0.3) is 0 Å². The van der Waals surface area contributed by atoms with E-state index in [0.29, 0.717) is 17.1 Å². The minimum absolute atomic E-state index is 0.0526. The van der Waals surface area contributed by atoms with Crippen LogP contribution in [0.1, 0.15) is 27.0 Å². The highest BCUT2D eigenvalue weighted by molar-refractivity contribution is 6.07. The van der Waals surface area contributed by atoms with Crippen LogP contribution in [0.5, 0.6) is 17.2 Å². The van der Waals surface area contributed by atoms with Crippen LogP contribution in [0.25, 0.3) is 6.08 Å². The van der Waals surface area contributed by atoms with E-state index in [2.05, 4.69) is 0 Å². The van der Waals surface area contributed by atoms with Gasteiger partial charge in [-0.05, 0) is 66.9 Å². The van der Waals surface area contributed by atoms with Crippen molar-refractivity contribution in [3.63, 3.8) is 0 Å². The number of phenols is 1. The Labute approximate surface area is 136 Å². The Morgan fingerprint density at radius 2 is 1.78 bits per heavy atom. The lowest BCUT2D eigenvalue weighted by Gasteiger charge is -2.08. The van der Waals surface area contributed by atoms with Crippen LogP contribution >= 0.6 is 0 Å². The van der Waals surface area contributed by atoms with Crippen molar-refractivity contribution in [3.05, 3.63) is 58.7 Å². The molecule has 1 N–H and O–H groups in total. The molecule has 0 fully saturated rings. The molecular formula is C19H20O4. The van der Waals surface area contributed by atoms with E-state index in [1.807, 2.05) is 32.0 Å². The number of ether oxygens (including phenoxy) is 2. The van der Waals surface area contributed by atoms with E-state index in [9.17, 15) is 9.90 Å². The number of ketones is 1.